The first-order valence-electron chi connectivity index (χ1n) is 24.1. The Hall–Kier alpha value is -0.650. The molecule has 0 aliphatic heterocycles. The van der Waals surface area contributed by atoms with Gasteiger partial charge in [-0.05, 0) is 216 Å². The second-order valence-electron chi connectivity index (χ2n) is 22.4. The lowest BCUT2D eigenvalue weighted by Crippen LogP contribution is -2.54. The number of unbranched alkanes of at least 4 members (excludes halogenated alkanes) is 1. The predicted molar refractivity (Wildman–Crippen MR) is 220 cm³/mol. The molecule has 0 heterocycles. The smallest absolute Gasteiger partial charge is 0.220 e. The van der Waals surface area contributed by atoms with Crippen LogP contribution in [-0.4, -0.2) is 46.1 Å². The summed E-state index contributed by atoms with van der Waals surface area (Å²) in [6, 6.07) is 0. The number of carbonyl (C=O) groups excluding carboxylic acids is 1. The molecule has 7 fully saturated rings. The zero-order chi connectivity index (χ0) is 38.4. The highest BCUT2D eigenvalue weighted by Gasteiger charge is 2.61. The van der Waals surface area contributed by atoms with Crippen molar-refractivity contribution in [1.82, 2.24) is 5.32 Å². The summed E-state index contributed by atoms with van der Waals surface area (Å²) in [6.07, 6.45) is 26.3. The first-order valence-corrected chi connectivity index (χ1v) is 24.1. The molecule has 18 atom stereocenters. The third kappa shape index (κ3) is 7.90. The van der Waals surface area contributed by atoms with E-state index >= 15 is 0 Å². The average Bonchev–Trinajstić information content (AvgIpc) is 3.68. The molecule has 5 nitrogen and oxygen atoms in total. The maximum atomic E-state index is 13.2. The van der Waals surface area contributed by atoms with E-state index in [1.807, 2.05) is 0 Å². The van der Waals surface area contributed by atoms with E-state index in [2.05, 4.69) is 46.9 Å². The Morgan fingerprint density at radius 2 is 1.39 bits per heavy atom. The van der Waals surface area contributed by atoms with Crippen LogP contribution in [0.15, 0.2) is 0 Å². The second-order valence-corrected chi connectivity index (χ2v) is 22.4. The minimum Gasteiger partial charge on any atom is -0.393 e. The standard InChI is InChI=1S/C49H85NO4/c1-7-8-11-36(51)28-33-27-34-20-23-49(6)40(16-18-43(49)46(34)44(53)29-33)32(3)12-19-45(54)50-26-9-10-31(2)39-15-17-41-38-14-13-35-30-37(52)21-24-47(35,4)42(38)22-25-48(39,41)5/h31-44,46,51-53H,7-30H2,1-6H3,(H,50,54)/t31-,32-,33?,34-,35?,36-,37-,38+,39-,40-,41?,42?,43?,44+,46-,47+,48-,49-/m1/s1. The van der Waals surface area contributed by atoms with Crippen LogP contribution in [0, 0.1) is 87.3 Å². The number of carbonyl (C=O) groups is 1. The van der Waals surface area contributed by atoms with Gasteiger partial charge in [-0.1, -0.05) is 54.4 Å². The highest BCUT2D eigenvalue weighted by atomic mass is 16.3. The molecule has 1 amide bonds. The quantitative estimate of drug-likeness (QED) is 0.133. The molecule has 0 spiro atoms. The van der Waals surface area contributed by atoms with Crippen LogP contribution in [0.3, 0.4) is 0 Å². The molecule has 310 valence electrons. The Morgan fingerprint density at radius 1 is 0.722 bits per heavy atom. The van der Waals surface area contributed by atoms with Crippen LogP contribution in [0.25, 0.3) is 0 Å². The SMILES string of the molecule is CCCC[C@@H](O)CC1C[C@H]2CC[C@@]3(C)C(CC[C@@H]3[C@H](C)CCC(=O)NCCC[C@@H](C)[C@H]3CCC4[C@@H]5CCC6C[C@H](O)CC[C@]6(C)C5CC[C@@]43C)[C@@H]2[C@@H](O)C1. The summed E-state index contributed by atoms with van der Waals surface area (Å²) >= 11 is 0. The third-order valence-corrected chi connectivity index (χ3v) is 19.8. The Morgan fingerprint density at radius 3 is 2.15 bits per heavy atom. The lowest BCUT2D eigenvalue weighted by atomic mass is 9.44. The Bertz CT molecular complexity index is 1260. The van der Waals surface area contributed by atoms with Crippen LogP contribution in [0.2, 0.25) is 0 Å². The number of hydrogen-bond acceptors (Lipinski definition) is 4. The Kier molecular flexibility index (Phi) is 13.0. The minimum atomic E-state index is -0.214. The summed E-state index contributed by atoms with van der Waals surface area (Å²) in [7, 11) is 0. The van der Waals surface area contributed by atoms with Crippen molar-refractivity contribution in [3.05, 3.63) is 0 Å². The van der Waals surface area contributed by atoms with E-state index < -0.39 is 0 Å². The van der Waals surface area contributed by atoms with Gasteiger partial charge in [0, 0.05) is 13.0 Å². The molecule has 7 saturated carbocycles. The van der Waals surface area contributed by atoms with Gasteiger partial charge >= 0.3 is 0 Å². The van der Waals surface area contributed by atoms with Gasteiger partial charge in [0.15, 0.2) is 0 Å². The molecule has 0 radical (unpaired) electrons. The summed E-state index contributed by atoms with van der Waals surface area (Å²) < 4.78 is 0. The summed E-state index contributed by atoms with van der Waals surface area (Å²) in [4.78, 5) is 13.2. The van der Waals surface area contributed by atoms with Crippen molar-refractivity contribution in [2.45, 2.75) is 208 Å². The first-order chi connectivity index (χ1) is 25.8. The van der Waals surface area contributed by atoms with Crippen molar-refractivity contribution in [2.75, 3.05) is 6.54 Å². The number of aliphatic hydroxyl groups excluding tert-OH is 3. The number of aliphatic hydroxyl groups is 3. The molecule has 4 N–H and O–H groups in total. The largest absolute Gasteiger partial charge is 0.393 e. The van der Waals surface area contributed by atoms with Crippen molar-refractivity contribution in [3.63, 3.8) is 0 Å². The molecule has 7 aliphatic carbocycles. The zero-order valence-electron chi connectivity index (χ0n) is 35.9. The van der Waals surface area contributed by atoms with Gasteiger partial charge in [-0.3, -0.25) is 4.79 Å². The Labute approximate surface area is 331 Å². The summed E-state index contributed by atoms with van der Waals surface area (Å²) in [6.45, 7) is 15.8. The van der Waals surface area contributed by atoms with E-state index in [-0.39, 0.29) is 29.6 Å². The van der Waals surface area contributed by atoms with Crippen molar-refractivity contribution < 1.29 is 20.1 Å². The van der Waals surface area contributed by atoms with Gasteiger partial charge in [0.2, 0.25) is 5.91 Å². The van der Waals surface area contributed by atoms with Gasteiger partial charge in [0.05, 0.1) is 18.3 Å². The first kappa shape index (κ1) is 41.5. The van der Waals surface area contributed by atoms with Crippen LogP contribution in [0.1, 0.15) is 189 Å². The molecule has 0 aromatic rings. The van der Waals surface area contributed by atoms with Gasteiger partial charge in [0.25, 0.3) is 0 Å². The number of amides is 1. The summed E-state index contributed by atoms with van der Waals surface area (Å²) in [5, 5.41) is 35.9. The maximum Gasteiger partial charge on any atom is 0.220 e. The van der Waals surface area contributed by atoms with E-state index in [0.29, 0.717) is 52.8 Å². The zero-order valence-corrected chi connectivity index (χ0v) is 35.9. The molecule has 0 saturated heterocycles. The van der Waals surface area contributed by atoms with E-state index in [4.69, 9.17) is 0 Å². The van der Waals surface area contributed by atoms with Crippen molar-refractivity contribution in [2.24, 2.45) is 87.3 Å². The van der Waals surface area contributed by atoms with Crippen molar-refractivity contribution >= 4 is 5.91 Å². The number of rotatable bonds is 14. The molecule has 5 unspecified atom stereocenters. The number of nitrogens with one attached hydrogen (secondary N) is 1. The molecule has 7 aliphatic rings. The van der Waals surface area contributed by atoms with Gasteiger partial charge in [0.1, 0.15) is 0 Å². The van der Waals surface area contributed by atoms with Crippen molar-refractivity contribution in [3.8, 4) is 0 Å². The summed E-state index contributed by atoms with van der Waals surface area (Å²) in [5.41, 5.74) is 1.23. The Balaban J connectivity index is 0.827. The van der Waals surface area contributed by atoms with Crippen LogP contribution in [0.5, 0.6) is 0 Å². The normalized spacial score (nSPS) is 47.4. The predicted octanol–water partition coefficient (Wildman–Crippen LogP) is 10.7. The van der Waals surface area contributed by atoms with Gasteiger partial charge in [-0.15, -0.1) is 0 Å². The second kappa shape index (κ2) is 16.9. The van der Waals surface area contributed by atoms with E-state index in [1.165, 1.54) is 83.5 Å². The van der Waals surface area contributed by atoms with Crippen LogP contribution >= 0.6 is 0 Å². The molecule has 0 bridgehead atoms. The molecular weight excluding hydrogens is 667 g/mol. The highest BCUT2D eigenvalue weighted by molar-refractivity contribution is 5.75. The molecule has 0 aromatic heterocycles. The lowest BCUT2D eigenvalue weighted by Gasteiger charge is -2.61. The van der Waals surface area contributed by atoms with Crippen LogP contribution < -0.4 is 5.32 Å². The average molecular weight is 752 g/mol. The topological polar surface area (TPSA) is 89.8 Å². The fourth-order valence-corrected chi connectivity index (χ4v) is 17.0. The van der Waals surface area contributed by atoms with E-state index in [9.17, 15) is 20.1 Å². The van der Waals surface area contributed by atoms with Gasteiger partial charge in [-0.2, -0.15) is 0 Å². The molecular formula is C49H85NO4. The fraction of sp³-hybridized carbons (Fsp3) is 0.980. The number of fused-ring (bicyclic) bond motifs is 8. The van der Waals surface area contributed by atoms with Gasteiger partial charge < -0.3 is 20.6 Å². The van der Waals surface area contributed by atoms with Crippen molar-refractivity contribution in [1.29, 1.82) is 0 Å². The monoisotopic (exact) mass is 752 g/mol. The maximum absolute atomic E-state index is 13.2. The summed E-state index contributed by atoms with van der Waals surface area (Å²) in [5.74, 6) is 8.53. The lowest BCUT2D eigenvalue weighted by molar-refractivity contribution is -0.129. The third-order valence-electron chi connectivity index (χ3n) is 19.8. The fourth-order valence-electron chi connectivity index (χ4n) is 17.0. The molecule has 0 aromatic carbocycles. The highest BCUT2D eigenvalue weighted by Crippen LogP contribution is 2.69. The van der Waals surface area contributed by atoms with Crippen LogP contribution in [-0.2, 0) is 4.79 Å². The van der Waals surface area contributed by atoms with Gasteiger partial charge in [-0.25, -0.2) is 0 Å². The van der Waals surface area contributed by atoms with Crippen LogP contribution in [0.4, 0.5) is 0 Å². The molecule has 54 heavy (non-hydrogen) atoms. The molecule has 7 rings (SSSR count). The van der Waals surface area contributed by atoms with E-state index in [0.717, 1.165) is 99.8 Å². The molecule has 5 heteroatoms. The number of hydrogen-bond donors (Lipinski definition) is 4. The minimum absolute atomic E-state index is 0.0540. The van der Waals surface area contributed by atoms with E-state index in [1.54, 1.807) is 0 Å².